The van der Waals surface area contributed by atoms with Gasteiger partial charge in [0.1, 0.15) is 26.9 Å². The summed E-state index contributed by atoms with van der Waals surface area (Å²) in [5.41, 5.74) is 0. The monoisotopic (exact) mass is 699 g/mol. The van der Waals surface area contributed by atoms with Gasteiger partial charge < -0.3 is 18.9 Å². The van der Waals surface area contributed by atoms with Gasteiger partial charge in [0.25, 0.3) is 0 Å². The summed E-state index contributed by atoms with van der Waals surface area (Å²) in [7, 11) is 5.97. The molecule has 13 heteroatoms. The Hall–Kier alpha value is 0.570. The normalized spacial score (nSPS) is 22.6. The predicted octanol–water partition coefficient (Wildman–Crippen LogP) is -1.70. The van der Waals surface area contributed by atoms with Crippen molar-refractivity contribution < 1.29 is 41.8 Å². The Bertz CT molecular complexity index is 379. The van der Waals surface area contributed by atoms with Crippen molar-refractivity contribution in [3.05, 3.63) is 0 Å². The molecule has 2 aliphatic rings. The molecule has 2 fully saturated rings. The van der Waals surface area contributed by atoms with Crippen molar-refractivity contribution in [2.75, 3.05) is 55.4 Å². The van der Waals surface area contributed by atoms with Gasteiger partial charge in [-0.3, -0.25) is 19.6 Å². The summed E-state index contributed by atoms with van der Waals surface area (Å²) in [6, 6.07) is -0.540. The van der Waals surface area contributed by atoms with Gasteiger partial charge in [0, 0.05) is 28.4 Å². The standard InChI is InChI=1S/C12H22N4O6.I3/c1-19-5-13-9-10(15(7-21-3)11(13)17)16(8-22-4)12(18)14(9)6-20-2;1-3-2/h9-10H,5-8H2,1-4H3;/q;-1. The SMILES string of the molecule is COCN1C(=O)N(COC)C2C1N(COC)C(=O)N2COC.I[I-]I. The third kappa shape index (κ3) is 5.31. The Morgan fingerprint density at radius 1 is 0.720 bits per heavy atom. The van der Waals surface area contributed by atoms with Crippen molar-refractivity contribution in [1.82, 2.24) is 19.6 Å². The van der Waals surface area contributed by atoms with Gasteiger partial charge in [0.2, 0.25) is 0 Å². The predicted molar refractivity (Wildman–Crippen MR) is 101 cm³/mol. The Kier molecular flexibility index (Phi) is 11.4. The number of urea groups is 2. The molecule has 0 bridgehead atoms. The van der Waals surface area contributed by atoms with Crippen molar-refractivity contribution in [3.8, 4) is 0 Å². The van der Waals surface area contributed by atoms with E-state index in [-0.39, 0.29) is 39.0 Å². The molecule has 2 heterocycles. The van der Waals surface area contributed by atoms with E-state index < -0.39 is 12.3 Å². The van der Waals surface area contributed by atoms with Gasteiger partial charge in [-0.15, -0.1) is 0 Å². The van der Waals surface area contributed by atoms with Crippen LogP contribution in [0.15, 0.2) is 0 Å². The summed E-state index contributed by atoms with van der Waals surface area (Å²) >= 11 is 5.30. The quantitative estimate of drug-likeness (QED) is 0.282. The van der Waals surface area contributed by atoms with Gasteiger partial charge in [-0.25, -0.2) is 9.59 Å². The Morgan fingerprint density at radius 2 is 0.920 bits per heavy atom. The fourth-order valence-electron chi connectivity index (χ4n) is 2.85. The molecule has 0 aliphatic carbocycles. The number of nitrogens with zero attached hydrogens (tertiary/aromatic N) is 4. The van der Waals surface area contributed by atoms with E-state index in [0.29, 0.717) is 13.3 Å². The van der Waals surface area contributed by atoms with Crippen LogP contribution in [0.1, 0.15) is 0 Å². The molecule has 0 radical (unpaired) electrons. The molecule has 148 valence electrons. The number of carbonyl (C=O) groups is 2. The summed E-state index contributed by atoms with van der Waals surface area (Å²) in [5.74, 6) is 0. The first-order chi connectivity index (χ1) is 12.0. The van der Waals surface area contributed by atoms with Crippen LogP contribution in [-0.2, 0) is 18.9 Å². The number of carbonyl (C=O) groups excluding carboxylic acids is 2. The second-order valence-electron chi connectivity index (χ2n) is 5.00. The second kappa shape index (κ2) is 12.1. The fourth-order valence-corrected chi connectivity index (χ4v) is 2.85. The first-order valence-electron chi connectivity index (χ1n) is 7.01. The van der Waals surface area contributed by atoms with Crippen molar-refractivity contribution in [1.29, 1.82) is 0 Å². The summed E-state index contributed by atoms with van der Waals surface area (Å²) in [6.07, 6.45) is -1.05. The number of fused-ring (bicyclic) bond motifs is 1. The molecule has 0 aromatic carbocycles. The first-order valence-corrected chi connectivity index (χ1v) is 19.6. The molecule has 0 aromatic rings. The molecule has 0 aromatic heterocycles. The van der Waals surface area contributed by atoms with Crippen molar-refractivity contribution in [2.45, 2.75) is 12.3 Å². The van der Waals surface area contributed by atoms with E-state index in [1.807, 2.05) is 0 Å². The average molecular weight is 699 g/mol. The molecule has 0 atom stereocenters. The Labute approximate surface area is 177 Å². The van der Waals surface area contributed by atoms with E-state index in [0.717, 1.165) is 0 Å². The van der Waals surface area contributed by atoms with E-state index in [4.69, 9.17) is 18.9 Å². The van der Waals surface area contributed by atoms with E-state index in [2.05, 4.69) is 37.2 Å². The third-order valence-corrected chi connectivity index (χ3v) is 3.60. The summed E-state index contributed by atoms with van der Waals surface area (Å²) < 4.78 is 20.4. The first kappa shape index (κ1) is 23.6. The average Bonchev–Trinajstić information content (AvgIpc) is 2.98. The van der Waals surface area contributed by atoms with Crippen LogP contribution < -0.4 is 13.3 Å². The number of rotatable bonds is 8. The zero-order valence-electron chi connectivity index (χ0n) is 14.4. The molecule has 2 aliphatic heterocycles. The van der Waals surface area contributed by atoms with E-state index in [1.165, 1.54) is 48.0 Å². The van der Waals surface area contributed by atoms with Gasteiger partial charge in [-0.05, 0) is 0 Å². The molecule has 2 saturated heterocycles. The van der Waals surface area contributed by atoms with Crippen LogP contribution in [0.4, 0.5) is 9.59 Å². The molecular formula is C12H22I3N4O6-. The Balaban J connectivity index is 0.000000970. The van der Waals surface area contributed by atoms with Crippen LogP contribution >= 0.6 is 37.2 Å². The fraction of sp³-hybridized carbons (Fsp3) is 0.833. The van der Waals surface area contributed by atoms with Gasteiger partial charge >= 0.3 is 62.5 Å². The molecule has 0 spiro atoms. The maximum absolute atomic E-state index is 12.6. The van der Waals surface area contributed by atoms with Crippen LogP contribution in [0.5, 0.6) is 0 Å². The molecule has 0 N–H and O–H groups in total. The molecule has 0 saturated carbocycles. The third-order valence-electron chi connectivity index (χ3n) is 3.60. The van der Waals surface area contributed by atoms with Crippen LogP contribution in [0.3, 0.4) is 0 Å². The minimum atomic E-state index is -0.523. The molecule has 25 heavy (non-hydrogen) atoms. The van der Waals surface area contributed by atoms with Crippen LogP contribution in [-0.4, -0.2) is 99.4 Å². The van der Waals surface area contributed by atoms with Crippen molar-refractivity contribution in [2.24, 2.45) is 0 Å². The molecule has 0 unspecified atom stereocenters. The maximum atomic E-state index is 12.6. The molecule has 4 amide bonds. The number of hydrogen-bond acceptors (Lipinski definition) is 6. The minimum absolute atomic E-state index is 0.0640. The van der Waals surface area contributed by atoms with Crippen LogP contribution in [0.25, 0.3) is 0 Å². The van der Waals surface area contributed by atoms with Gasteiger partial charge in [0.15, 0.2) is 12.3 Å². The van der Waals surface area contributed by atoms with E-state index in [9.17, 15) is 9.59 Å². The number of hydrogen-bond donors (Lipinski definition) is 0. The molecular weight excluding hydrogens is 677 g/mol. The van der Waals surface area contributed by atoms with E-state index >= 15 is 0 Å². The summed E-state index contributed by atoms with van der Waals surface area (Å²) in [5, 5.41) is 0. The number of ether oxygens (including phenoxy) is 4. The number of halogens is 3. The number of methoxy groups -OCH3 is 4. The Morgan fingerprint density at radius 3 is 1.08 bits per heavy atom. The molecule has 10 nitrogen and oxygen atoms in total. The summed E-state index contributed by atoms with van der Waals surface area (Å²) in [6.45, 7) is 0.256. The zero-order chi connectivity index (χ0) is 19.0. The second-order valence-corrected chi connectivity index (χ2v) is 21.2. The van der Waals surface area contributed by atoms with Crippen molar-refractivity contribution in [3.63, 3.8) is 0 Å². The zero-order valence-corrected chi connectivity index (χ0v) is 20.8. The van der Waals surface area contributed by atoms with Gasteiger partial charge in [-0.1, -0.05) is 0 Å². The van der Waals surface area contributed by atoms with Crippen LogP contribution in [0, 0.1) is 0 Å². The van der Waals surface area contributed by atoms with Gasteiger partial charge in [-0.2, -0.15) is 0 Å². The summed E-state index contributed by atoms with van der Waals surface area (Å²) in [4.78, 5) is 31.0. The van der Waals surface area contributed by atoms with Crippen LogP contribution in [0.2, 0.25) is 0 Å². The molecule has 2 rings (SSSR count). The number of amides is 4. The van der Waals surface area contributed by atoms with Crippen molar-refractivity contribution >= 4 is 49.3 Å². The van der Waals surface area contributed by atoms with Gasteiger partial charge in [0.05, 0.1) is 0 Å². The van der Waals surface area contributed by atoms with E-state index in [1.54, 1.807) is 0 Å². The topological polar surface area (TPSA) is 84.0 Å².